The minimum atomic E-state index is -0.557. The normalized spacial score (nSPS) is 55.3. The van der Waals surface area contributed by atoms with Crippen molar-refractivity contribution in [2.24, 2.45) is 56.7 Å². The summed E-state index contributed by atoms with van der Waals surface area (Å²) in [5, 5.41) is 21.4. The van der Waals surface area contributed by atoms with Crippen LogP contribution in [0.1, 0.15) is 106 Å². The summed E-state index contributed by atoms with van der Waals surface area (Å²) in [5.74, 6) is 1.82. The average molecular weight is 457 g/mol. The van der Waals surface area contributed by atoms with E-state index in [2.05, 4.69) is 54.5 Å². The minimum absolute atomic E-state index is 0.0302. The molecule has 4 fully saturated rings. The second-order valence-electron chi connectivity index (χ2n) is 14.5. The highest BCUT2D eigenvalue weighted by Crippen LogP contribution is 2.75. The van der Waals surface area contributed by atoms with Crippen molar-refractivity contribution in [3.8, 4) is 0 Å². The highest BCUT2D eigenvalue weighted by Gasteiger charge is 2.69. The summed E-state index contributed by atoms with van der Waals surface area (Å²) < 4.78 is 0. The van der Waals surface area contributed by atoms with E-state index in [1.165, 1.54) is 18.4 Å². The predicted molar refractivity (Wildman–Crippen MR) is 133 cm³/mol. The smallest absolute Gasteiger partial charge is 0.310 e. The Kier molecular flexibility index (Phi) is 5.15. The van der Waals surface area contributed by atoms with E-state index < -0.39 is 11.4 Å². The summed E-state index contributed by atoms with van der Waals surface area (Å²) in [4.78, 5) is 12.8. The molecular formula is C30H48O3. The van der Waals surface area contributed by atoms with E-state index in [0.717, 1.165) is 44.9 Å². The lowest BCUT2D eigenvalue weighted by Crippen LogP contribution is -2.65. The van der Waals surface area contributed by atoms with Crippen LogP contribution in [0.2, 0.25) is 0 Å². The van der Waals surface area contributed by atoms with E-state index in [0.29, 0.717) is 23.7 Å². The standard InChI is InChI=1S/C30H48O3/c1-18-10-15-30(25(32)33)17-16-28(6)20(24(30)19(18)2)8-9-22-27(5)13-12-23(31)26(3,4)21(27)11-14-29(22,28)7/h8,18-19,21-24,31H,9-17H2,1-7H3,(H,32,33)/t18-,19+,21?,22?,23-,24?,27+,28-,29-,30+/m1/s1. The molecule has 0 saturated heterocycles. The van der Waals surface area contributed by atoms with Gasteiger partial charge < -0.3 is 10.2 Å². The molecule has 3 nitrogen and oxygen atoms in total. The van der Waals surface area contributed by atoms with Gasteiger partial charge in [-0.15, -0.1) is 0 Å². The fraction of sp³-hybridized carbons (Fsp3) is 0.900. The Morgan fingerprint density at radius 2 is 1.61 bits per heavy atom. The van der Waals surface area contributed by atoms with Crippen LogP contribution in [-0.4, -0.2) is 22.3 Å². The zero-order valence-corrected chi connectivity index (χ0v) is 22.2. The van der Waals surface area contributed by atoms with Gasteiger partial charge in [0.15, 0.2) is 0 Å². The lowest BCUT2D eigenvalue weighted by molar-refractivity contribution is -0.206. The van der Waals surface area contributed by atoms with Crippen molar-refractivity contribution in [3.05, 3.63) is 11.6 Å². The number of hydrogen-bond donors (Lipinski definition) is 2. The van der Waals surface area contributed by atoms with Gasteiger partial charge in [0, 0.05) is 0 Å². The van der Waals surface area contributed by atoms with E-state index in [1.807, 2.05) is 0 Å². The lowest BCUT2D eigenvalue weighted by atomic mass is 9.33. The van der Waals surface area contributed by atoms with Crippen LogP contribution in [0.15, 0.2) is 11.6 Å². The highest BCUT2D eigenvalue weighted by molar-refractivity contribution is 5.76. The third-order valence-electron chi connectivity index (χ3n) is 13.4. The summed E-state index contributed by atoms with van der Waals surface area (Å²) in [6.07, 6.45) is 11.6. The van der Waals surface area contributed by atoms with E-state index in [9.17, 15) is 15.0 Å². The van der Waals surface area contributed by atoms with Crippen LogP contribution < -0.4 is 0 Å². The molecule has 2 N–H and O–H groups in total. The average Bonchev–Trinajstić information content (AvgIpc) is 2.74. The molecule has 0 bridgehead atoms. The van der Waals surface area contributed by atoms with Gasteiger partial charge in [-0.2, -0.15) is 0 Å². The number of aliphatic hydroxyl groups excluding tert-OH is 1. The number of aliphatic hydroxyl groups is 1. The van der Waals surface area contributed by atoms with Crippen molar-refractivity contribution in [1.82, 2.24) is 0 Å². The summed E-state index contributed by atoms with van der Waals surface area (Å²) >= 11 is 0. The second-order valence-corrected chi connectivity index (χ2v) is 14.5. The number of fused-ring (bicyclic) bond motifs is 7. The predicted octanol–water partition coefficient (Wildman–Crippen LogP) is 7.09. The molecule has 0 radical (unpaired) electrons. The number of carboxylic acid groups (broad SMARTS) is 1. The number of aliphatic carboxylic acids is 1. The molecule has 33 heavy (non-hydrogen) atoms. The molecule has 3 heteroatoms. The van der Waals surface area contributed by atoms with Gasteiger partial charge in [-0.25, -0.2) is 0 Å². The third-order valence-corrected chi connectivity index (χ3v) is 13.4. The van der Waals surface area contributed by atoms with E-state index in [-0.39, 0.29) is 33.7 Å². The molecule has 5 aliphatic carbocycles. The Balaban J connectivity index is 1.61. The largest absolute Gasteiger partial charge is 0.481 e. The SMILES string of the molecule is C[C@@H]1CC[C@]2(C(=O)O)CC[C@]3(C)C(=CCC4[C@@]5(C)CC[C@@H](O)C(C)(C)C5CC[C@]43C)C2[C@H]1C. The highest BCUT2D eigenvalue weighted by atomic mass is 16.4. The Bertz CT molecular complexity index is 874. The van der Waals surface area contributed by atoms with Gasteiger partial charge in [0.1, 0.15) is 0 Å². The van der Waals surface area contributed by atoms with E-state index in [1.54, 1.807) is 0 Å². The molecule has 0 aliphatic heterocycles. The van der Waals surface area contributed by atoms with Gasteiger partial charge in [-0.1, -0.05) is 60.1 Å². The van der Waals surface area contributed by atoms with Gasteiger partial charge in [0.25, 0.3) is 0 Å². The quantitative estimate of drug-likeness (QED) is 0.414. The van der Waals surface area contributed by atoms with Crippen LogP contribution in [0.25, 0.3) is 0 Å². The molecule has 0 spiro atoms. The molecule has 0 aromatic heterocycles. The van der Waals surface area contributed by atoms with Crippen molar-refractivity contribution in [2.45, 2.75) is 112 Å². The Hall–Kier alpha value is -0.830. The minimum Gasteiger partial charge on any atom is -0.481 e. The fourth-order valence-electron chi connectivity index (χ4n) is 10.8. The number of rotatable bonds is 1. The molecular weight excluding hydrogens is 408 g/mol. The molecule has 5 rings (SSSR count). The maximum Gasteiger partial charge on any atom is 0.310 e. The maximum absolute atomic E-state index is 12.8. The fourth-order valence-corrected chi connectivity index (χ4v) is 10.8. The molecule has 5 aliphatic rings. The number of allylic oxidation sites excluding steroid dienone is 2. The van der Waals surface area contributed by atoms with Crippen LogP contribution in [-0.2, 0) is 4.79 Å². The third kappa shape index (κ3) is 2.75. The van der Waals surface area contributed by atoms with Gasteiger partial charge in [0.2, 0.25) is 0 Å². The van der Waals surface area contributed by atoms with Crippen LogP contribution in [0.3, 0.4) is 0 Å². The van der Waals surface area contributed by atoms with Crippen molar-refractivity contribution in [3.63, 3.8) is 0 Å². The van der Waals surface area contributed by atoms with E-state index in [4.69, 9.17) is 0 Å². The zero-order valence-electron chi connectivity index (χ0n) is 22.2. The van der Waals surface area contributed by atoms with Crippen LogP contribution in [0.5, 0.6) is 0 Å². The topological polar surface area (TPSA) is 57.5 Å². The Morgan fingerprint density at radius 1 is 0.909 bits per heavy atom. The zero-order chi connectivity index (χ0) is 24.2. The molecule has 3 unspecified atom stereocenters. The first-order chi connectivity index (χ1) is 15.3. The maximum atomic E-state index is 12.8. The molecule has 10 atom stereocenters. The second kappa shape index (κ2) is 7.11. The monoisotopic (exact) mass is 456 g/mol. The summed E-state index contributed by atoms with van der Waals surface area (Å²) in [7, 11) is 0. The molecule has 0 heterocycles. The summed E-state index contributed by atoms with van der Waals surface area (Å²) in [5.41, 5.74) is 1.46. The number of carboxylic acids is 1. The van der Waals surface area contributed by atoms with Crippen molar-refractivity contribution >= 4 is 5.97 Å². The molecule has 0 amide bonds. The van der Waals surface area contributed by atoms with Gasteiger partial charge in [-0.05, 0) is 109 Å². The number of hydrogen-bond acceptors (Lipinski definition) is 2. The Morgan fingerprint density at radius 3 is 2.27 bits per heavy atom. The van der Waals surface area contributed by atoms with Crippen molar-refractivity contribution in [1.29, 1.82) is 0 Å². The van der Waals surface area contributed by atoms with Gasteiger partial charge in [-0.3, -0.25) is 4.79 Å². The first kappa shape index (κ1) is 23.9. The first-order valence-corrected chi connectivity index (χ1v) is 13.9. The lowest BCUT2D eigenvalue weighted by Gasteiger charge is -2.71. The molecule has 0 aromatic carbocycles. The summed E-state index contributed by atoms with van der Waals surface area (Å²) in [6.45, 7) is 17.0. The first-order valence-electron chi connectivity index (χ1n) is 13.9. The van der Waals surface area contributed by atoms with Gasteiger partial charge in [0.05, 0.1) is 11.5 Å². The molecule has 4 saturated carbocycles. The van der Waals surface area contributed by atoms with Crippen LogP contribution in [0, 0.1) is 56.7 Å². The van der Waals surface area contributed by atoms with Crippen LogP contribution in [0.4, 0.5) is 0 Å². The van der Waals surface area contributed by atoms with Crippen LogP contribution >= 0.6 is 0 Å². The Labute approximate surface area is 201 Å². The number of carbonyl (C=O) groups is 1. The van der Waals surface area contributed by atoms with Gasteiger partial charge >= 0.3 is 5.97 Å². The molecule has 186 valence electrons. The van der Waals surface area contributed by atoms with Crippen molar-refractivity contribution < 1.29 is 15.0 Å². The van der Waals surface area contributed by atoms with E-state index >= 15 is 0 Å². The van der Waals surface area contributed by atoms with Crippen molar-refractivity contribution in [2.75, 3.05) is 0 Å². The summed E-state index contributed by atoms with van der Waals surface area (Å²) in [6, 6.07) is 0. The molecule has 0 aromatic rings.